The molecule has 0 N–H and O–H groups in total. The predicted octanol–water partition coefficient (Wildman–Crippen LogP) is 3.57. The molecule has 0 aliphatic carbocycles. The van der Waals surface area contributed by atoms with Crippen LogP contribution in [0.1, 0.15) is 62.0 Å². The molecule has 2 fully saturated rings. The first kappa shape index (κ1) is 17.6. The molecule has 3 heterocycles. The highest BCUT2D eigenvalue weighted by Crippen LogP contribution is 2.30. The van der Waals surface area contributed by atoms with Crippen molar-refractivity contribution in [2.45, 2.75) is 70.5 Å². The average Bonchev–Trinajstić information content (AvgIpc) is 3.23. The first-order chi connectivity index (χ1) is 11.6. The lowest BCUT2D eigenvalue weighted by atomic mass is 10.0. The molecule has 132 valence electrons. The maximum absolute atomic E-state index is 12.6. The van der Waals surface area contributed by atoms with Gasteiger partial charge in [0.15, 0.2) is 5.78 Å². The molecule has 2 saturated heterocycles. The summed E-state index contributed by atoms with van der Waals surface area (Å²) < 4.78 is 0. The van der Waals surface area contributed by atoms with Gasteiger partial charge in [0.1, 0.15) is 0 Å². The minimum absolute atomic E-state index is 0.0914. The molecule has 3 atom stereocenters. The Morgan fingerprint density at radius 3 is 2.58 bits per heavy atom. The van der Waals surface area contributed by atoms with Crippen LogP contribution in [0.15, 0.2) is 17.5 Å². The Hall–Kier alpha value is -1.20. The Bertz CT molecular complexity index is 562. The van der Waals surface area contributed by atoms with Gasteiger partial charge in [-0.1, -0.05) is 6.07 Å². The van der Waals surface area contributed by atoms with Crippen molar-refractivity contribution >= 4 is 23.0 Å². The maximum Gasteiger partial charge on any atom is 0.223 e. The summed E-state index contributed by atoms with van der Waals surface area (Å²) in [6, 6.07) is 5.46. The quantitative estimate of drug-likeness (QED) is 0.764. The summed E-state index contributed by atoms with van der Waals surface area (Å²) in [7, 11) is 0. The van der Waals surface area contributed by atoms with Gasteiger partial charge in [0, 0.05) is 44.1 Å². The number of Topliss-reactive ketones (excluding diaryl/α,β-unsaturated/α-hetero) is 1. The van der Waals surface area contributed by atoms with Crippen LogP contribution in [0.2, 0.25) is 0 Å². The molecule has 4 nitrogen and oxygen atoms in total. The monoisotopic (exact) mass is 348 g/mol. The maximum atomic E-state index is 12.6. The van der Waals surface area contributed by atoms with Gasteiger partial charge in [-0.25, -0.2) is 0 Å². The van der Waals surface area contributed by atoms with E-state index >= 15 is 0 Å². The van der Waals surface area contributed by atoms with Gasteiger partial charge in [0.25, 0.3) is 0 Å². The Kier molecular flexibility index (Phi) is 5.72. The molecule has 3 rings (SSSR count). The Morgan fingerprint density at radius 1 is 1.17 bits per heavy atom. The zero-order valence-electron chi connectivity index (χ0n) is 14.7. The third-order valence-electron chi connectivity index (χ3n) is 5.55. The van der Waals surface area contributed by atoms with Crippen LogP contribution in [0.4, 0.5) is 0 Å². The molecule has 2 aliphatic rings. The third-order valence-corrected chi connectivity index (χ3v) is 6.46. The van der Waals surface area contributed by atoms with Gasteiger partial charge in [-0.3, -0.25) is 14.5 Å². The number of nitrogens with zero attached hydrogens (tertiary/aromatic N) is 2. The Morgan fingerprint density at radius 2 is 1.92 bits per heavy atom. The zero-order chi connectivity index (χ0) is 17.1. The first-order valence-corrected chi connectivity index (χ1v) is 10.1. The first-order valence-electron chi connectivity index (χ1n) is 9.18. The molecule has 1 aromatic rings. The van der Waals surface area contributed by atoms with Gasteiger partial charge >= 0.3 is 0 Å². The van der Waals surface area contributed by atoms with E-state index in [1.807, 2.05) is 22.4 Å². The lowest BCUT2D eigenvalue weighted by Gasteiger charge is -2.41. The second-order valence-electron chi connectivity index (χ2n) is 7.26. The SMILES string of the molecule is C[C@@H]1CC[C@@H](C)N1[C@H]1CCCN(C(=O)CCC(=O)c2cccs2)C1. The number of piperidine rings is 1. The van der Waals surface area contributed by atoms with Crippen LogP contribution in [-0.2, 0) is 4.79 Å². The minimum atomic E-state index is 0.0914. The highest BCUT2D eigenvalue weighted by Gasteiger charge is 2.36. The molecule has 0 unspecified atom stereocenters. The normalized spacial score (nSPS) is 28.2. The van der Waals surface area contributed by atoms with E-state index in [2.05, 4.69) is 18.7 Å². The summed E-state index contributed by atoms with van der Waals surface area (Å²) in [6.07, 6.45) is 5.46. The number of carbonyl (C=O) groups is 2. The van der Waals surface area contributed by atoms with E-state index in [0.717, 1.165) is 24.4 Å². The summed E-state index contributed by atoms with van der Waals surface area (Å²) >= 11 is 1.45. The van der Waals surface area contributed by atoms with Crippen molar-refractivity contribution in [1.82, 2.24) is 9.80 Å². The largest absolute Gasteiger partial charge is 0.341 e. The van der Waals surface area contributed by atoms with E-state index in [4.69, 9.17) is 0 Å². The molecule has 24 heavy (non-hydrogen) atoms. The summed E-state index contributed by atoms with van der Waals surface area (Å²) in [5.41, 5.74) is 0. The van der Waals surface area contributed by atoms with Crippen LogP contribution >= 0.6 is 11.3 Å². The molecule has 0 saturated carbocycles. The fourth-order valence-electron chi connectivity index (χ4n) is 4.30. The average molecular weight is 349 g/mol. The number of hydrogen-bond donors (Lipinski definition) is 0. The summed E-state index contributed by atoms with van der Waals surface area (Å²) in [6.45, 7) is 6.30. The number of likely N-dealkylation sites (tertiary alicyclic amines) is 2. The topological polar surface area (TPSA) is 40.6 Å². The fourth-order valence-corrected chi connectivity index (χ4v) is 4.99. The Labute approximate surface area is 148 Å². The standard InChI is InChI=1S/C19H28N2O2S/c1-14-7-8-15(2)21(14)16-5-3-11-20(13-16)19(23)10-9-17(22)18-6-4-12-24-18/h4,6,12,14-16H,3,5,7-11,13H2,1-2H3/t14-,15-,16+/m1/s1. The molecule has 1 aromatic heterocycles. The molecule has 0 bridgehead atoms. The predicted molar refractivity (Wildman–Crippen MR) is 97.5 cm³/mol. The third kappa shape index (κ3) is 3.89. The van der Waals surface area contributed by atoms with Crippen LogP contribution in [0.5, 0.6) is 0 Å². The van der Waals surface area contributed by atoms with E-state index in [-0.39, 0.29) is 11.7 Å². The number of thiophene rings is 1. The fraction of sp³-hybridized carbons (Fsp3) is 0.684. The van der Waals surface area contributed by atoms with Crippen LogP contribution in [0, 0.1) is 0 Å². The molecular formula is C19H28N2O2S. The molecule has 0 spiro atoms. The van der Waals surface area contributed by atoms with E-state index < -0.39 is 0 Å². The lowest BCUT2D eigenvalue weighted by Crippen LogP contribution is -2.52. The molecule has 0 radical (unpaired) electrons. The molecular weight excluding hydrogens is 320 g/mol. The van der Waals surface area contributed by atoms with Gasteiger partial charge in [-0.15, -0.1) is 11.3 Å². The van der Waals surface area contributed by atoms with Gasteiger partial charge in [-0.05, 0) is 51.0 Å². The lowest BCUT2D eigenvalue weighted by molar-refractivity contribution is -0.133. The van der Waals surface area contributed by atoms with E-state index in [1.165, 1.54) is 30.6 Å². The molecule has 0 aromatic carbocycles. The van der Waals surface area contributed by atoms with Gasteiger partial charge in [-0.2, -0.15) is 0 Å². The number of hydrogen-bond acceptors (Lipinski definition) is 4. The summed E-state index contributed by atoms with van der Waals surface area (Å²) in [5, 5.41) is 1.91. The molecule has 2 aliphatic heterocycles. The minimum Gasteiger partial charge on any atom is -0.341 e. The zero-order valence-corrected chi connectivity index (χ0v) is 15.6. The van der Waals surface area contributed by atoms with E-state index in [0.29, 0.717) is 31.0 Å². The summed E-state index contributed by atoms with van der Waals surface area (Å²) in [4.78, 5) is 30.0. The highest BCUT2D eigenvalue weighted by molar-refractivity contribution is 7.12. The van der Waals surface area contributed by atoms with Crippen molar-refractivity contribution in [1.29, 1.82) is 0 Å². The second-order valence-corrected chi connectivity index (χ2v) is 8.21. The van der Waals surface area contributed by atoms with Crippen molar-refractivity contribution in [2.24, 2.45) is 0 Å². The number of carbonyl (C=O) groups excluding carboxylic acids is 2. The van der Waals surface area contributed by atoms with Gasteiger partial charge < -0.3 is 4.90 Å². The van der Waals surface area contributed by atoms with E-state index in [1.54, 1.807) is 0 Å². The van der Waals surface area contributed by atoms with Gasteiger partial charge in [0.2, 0.25) is 5.91 Å². The van der Waals surface area contributed by atoms with E-state index in [9.17, 15) is 9.59 Å². The number of amides is 1. The van der Waals surface area contributed by atoms with Crippen molar-refractivity contribution < 1.29 is 9.59 Å². The van der Waals surface area contributed by atoms with Crippen molar-refractivity contribution in [3.05, 3.63) is 22.4 Å². The van der Waals surface area contributed by atoms with Crippen LogP contribution in [0.25, 0.3) is 0 Å². The molecule has 1 amide bonds. The van der Waals surface area contributed by atoms with Crippen LogP contribution in [-0.4, -0.2) is 52.7 Å². The van der Waals surface area contributed by atoms with Crippen molar-refractivity contribution in [2.75, 3.05) is 13.1 Å². The molecule has 5 heteroatoms. The Balaban J connectivity index is 1.52. The number of ketones is 1. The second kappa shape index (κ2) is 7.79. The van der Waals surface area contributed by atoms with Gasteiger partial charge in [0.05, 0.1) is 4.88 Å². The summed E-state index contributed by atoms with van der Waals surface area (Å²) in [5.74, 6) is 0.234. The van der Waals surface area contributed by atoms with Crippen molar-refractivity contribution in [3.8, 4) is 0 Å². The number of rotatable bonds is 5. The highest BCUT2D eigenvalue weighted by atomic mass is 32.1. The van der Waals surface area contributed by atoms with Crippen LogP contribution < -0.4 is 0 Å². The van der Waals surface area contributed by atoms with Crippen LogP contribution in [0.3, 0.4) is 0 Å². The van der Waals surface area contributed by atoms with Crippen molar-refractivity contribution in [3.63, 3.8) is 0 Å². The smallest absolute Gasteiger partial charge is 0.223 e.